The smallest absolute Gasteiger partial charge is 0.299 e. The Morgan fingerprint density at radius 1 is 1.11 bits per heavy atom. The molecule has 1 aromatic rings. The molecule has 0 aliphatic heterocycles. The predicted octanol–water partition coefficient (Wildman–Crippen LogP) is 1.25. The van der Waals surface area contributed by atoms with Crippen molar-refractivity contribution in [3.8, 4) is 0 Å². The van der Waals surface area contributed by atoms with Crippen LogP contribution >= 0.6 is 0 Å². The second-order valence-corrected chi connectivity index (χ2v) is 4.16. The summed E-state index contributed by atoms with van der Waals surface area (Å²) in [4.78, 5) is 14.2. The predicted molar refractivity (Wildman–Crippen MR) is 69.7 cm³/mol. The molecule has 0 saturated carbocycles. The van der Waals surface area contributed by atoms with Gasteiger partial charge in [-0.15, -0.1) is 0 Å². The maximum Gasteiger partial charge on any atom is 0.299 e. The molecule has 1 aromatic heterocycles. The summed E-state index contributed by atoms with van der Waals surface area (Å²) in [5.74, 6) is 0.411. The average molecular weight is 269 g/mol. The van der Waals surface area contributed by atoms with Gasteiger partial charge in [-0.05, 0) is 32.9 Å². The van der Waals surface area contributed by atoms with Crippen LogP contribution in [0.2, 0.25) is 0 Å². The third-order valence-electron chi connectivity index (χ3n) is 1.72. The number of methoxy groups -OCH3 is 1. The molecule has 0 bridgehead atoms. The summed E-state index contributed by atoms with van der Waals surface area (Å²) >= 11 is 0. The Labute approximate surface area is 112 Å². The van der Waals surface area contributed by atoms with E-state index in [2.05, 4.69) is 20.4 Å². The minimum absolute atomic E-state index is 0.0758. The van der Waals surface area contributed by atoms with E-state index in [4.69, 9.17) is 14.4 Å². The first kappa shape index (κ1) is 14.9. The molecule has 0 aromatic carbocycles. The van der Waals surface area contributed by atoms with Gasteiger partial charge in [0, 0.05) is 0 Å². The zero-order chi connectivity index (χ0) is 14.3. The van der Waals surface area contributed by atoms with Crippen LogP contribution in [0.1, 0.15) is 27.7 Å². The quantitative estimate of drug-likeness (QED) is 0.466. The monoisotopic (exact) mass is 269 g/mol. The summed E-state index contributed by atoms with van der Waals surface area (Å²) < 4.78 is 6.53. The van der Waals surface area contributed by atoms with E-state index < -0.39 is 0 Å². The van der Waals surface area contributed by atoms with Gasteiger partial charge in [-0.3, -0.25) is 0 Å². The summed E-state index contributed by atoms with van der Waals surface area (Å²) in [6.07, 6.45) is 2.68. The van der Waals surface area contributed by atoms with Crippen LogP contribution in [0.5, 0.6) is 0 Å². The van der Waals surface area contributed by atoms with Crippen LogP contribution in [-0.4, -0.2) is 45.8 Å². The van der Waals surface area contributed by atoms with Crippen LogP contribution < -0.4 is 0 Å². The summed E-state index contributed by atoms with van der Waals surface area (Å²) in [7, 11) is 1.46. The Bertz CT molecular complexity index is 426. The van der Waals surface area contributed by atoms with E-state index in [1.165, 1.54) is 24.4 Å². The van der Waals surface area contributed by atoms with Crippen LogP contribution in [0.15, 0.2) is 23.0 Å². The van der Waals surface area contributed by atoms with E-state index in [1.54, 1.807) is 0 Å². The third kappa shape index (κ3) is 4.94. The largest absolute Gasteiger partial charge is 0.476 e. The molecule has 0 spiro atoms. The highest BCUT2D eigenvalue weighted by molar-refractivity contribution is 6.38. The van der Waals surface area contributed by atoms with Gasteiger partial charge < -0.3 is 14.4 Å². The molecular formula is C11H19N5O3. The minimum atomic E-state index is -0.0809. The lowest BCUT2D eigenvalue weighted by Gasteiger charge is -2.10. The van der Waals surface area contributed by atoms with Crippen molar-refractivity contribution in [3.05, 3.63) is 12.7 Å². The van der Waals surface area contributed by atoms with Crippen molar-refractivity contribution in [2.24, 2.45) is 10.3 Å². The van der Waals surface area contributed by atoms with Gasteiger partial charge in [-0.2, -0.15) is 9.78 Å². The SMILES string of the molecule is COC(=N\OC(C)C)/C(=N/OC(C)C)n1cncn1. The topological polar surface area (TPSA) is 83.1 Å². The van der Waals surface area contributed by atoms with Gasteiger partial charge >= 0.3 is 0 Å². The number of ether oxygens (including phenoxy) is 1. The number of hydrogen-bond acceptors (Lipinski definition) is 7. The molecule has 0 N–H and O–H groups in total. The van der Waals surface area contributed by atoms with Crippen molar-refractivity contribution < 1.29 is 14.4 Å². The zero-order valence-corrected chi connectivity index (χ0v) is 11.8. The molecule has 106 valence electrons. The van der Waals surface area contributed by atoms with Crippen molar-refractivity contribution >= 4 is 11.7 Å². The fraction of sp³-hybridized carbons (Fsp3) is 0.636. The number of nitrogens with zero attached hydrogens (tertiary/aromatic N) is 5. The summed E-state index contributed by atoms with van der Waals surface area (Å²) in [5, 5.41) is 11.8. The maximum atomic E-state index is 5.20. The fourth-order valence-corrected chi connectivity index (χ4v) is 0.974. The van der Waals surface area contributed by atoms with Gasteiger partial charge in [0.1, 0.15) is 24.9 Å². The summed E-state index contributed by atoms with van der Waals surface area (Å²) in [6.45, 7) is 7.43. The standard InChI is InChI=1S/C11H19N5O3/c1-8(2)18-14-10(16-7-12-6-13-16)11(17-5)15-19-9(3)4/h6-9H,1-5H3/b14-10-,15-11-. The van der Waals surface area contributed by atoms with Crippen LogP contribution in [0.4, 0.5) is 0 Å². The van der Waals surface area contributed by atoms with E-state index in [-0.39, 0.29) is 23.9 Å². The van der Waals surface area contributed by atoms with Crippen LogP contribution in [0.3, 0.4) is 0 Å². The lowest BCUT2D eigenvalue weighted by molar-refractivity contribution is 0.0776. The summed E-state index contributed by atoms with van der Waals surface area (Å²) in [5.41, 5.74) is 0. The van der Waals surface area contributed by atoms with Gasteiger partial charge in [0.2, 0.25) is 0 Å². The van der Waals surface area contributed by atoms with E-state index in [1.807, 2.05) is 27.7 Å². The Morgan fingerprint density at radius 2 is 1.74 bits per heavy atom. The molecule has 8 heteroatoms. The first-order valence-corrected chi connectivity index (χ1v) is 5.91. The zero-order valence-electron chi connectivity index (χ0n) is 11.8. The van der Waals surface area contributed by atoms with Crippen LogP contribution in [0.25, 0.3) is 0 Å². The van der Waals surface area contributed by atoms with Crippen LogP contribution in [0, 0.1) is 0 Å². The van der Waals surface area contributed by atoms with Crippen molar-refractivity contribution in [1.29, 1.82) is 0 Å². The number of oxime groups is 2. The number of aromatic nitrogens is 3. The third-order valence-corrected chi connectivity index (χ3v) is 1.72. The highest BCUT2D eigenvalue weighted by Crippen LogP contribution is 1.98. The second-order valence-electron chi connectivity index (χ2n) is 4.16. The molecule has 0 saturated heterocycles. The number of rotatable bonds is 4. The Balaban J connectivity index is 3.01. The molecule has 0 aliphatic carbocycles. The average Bonchev–Trinajstić information content (AvgIpc) is 2.86. The van der Waals surface area contributed by atoms with Gasteiger partial charge in [-0.25, -0.2) is 4.98 Å². The lowest BCUT2D eigenvalue weighted by atomic mass is 10.5. The molecule has 1 heterocycles. The van der Waals surface area contributed by atoms with Crippen molar-refractivity contribution in [1.82, 2.24) is 14.8 Å². The molecule has 19 heavy (non-hydrogen) atoms. The molecule has 8 nitrogen and oxygen atoms in total. The highest BCUT2D eigenvalue weighted by atomic mass is 16.7. The van der Waals surface area contributed by atoms with E-state index >= 15 is 0 Å². The van der Waals surface area contributed by atoms with E-state index in [9.17, 15) is 0 Å². The van der Waals surface area contributed by atoms with Crippen molar-refractivity contribution in [2.45, 2.75) is 39.9 Å². The molecule has 0 radical (unpaired) electrons. The fourth-order valence-electron chi connectivity index (χ4n) is 0.974. The molecule has 0 aliphatic rings. The van der Waals surface area contributed by atoms with E-state index in [0.29, 0.717) is 0 Å². The number of hydrogen-bond donors (Lipinski definition) is 0. The van der Waals surface area contributed by atoms with Gasteiger partial charge in [-0.1, -0.05) is 5.16 Å². The maximum absolute atomic E-state index is 5.20. The molecule has 0 atom stereocenters. The lowest BCUT2D eigenvalue weighted by Crippen LogP contribution is -2.26. The van der Waals surface area contributed by atoms with Crippen molar-refractivity contribution in [2.75, 3.05) is 7.11 Å². The first-order valence-electron chi connectivity index (χ1n) is 5.91. The Hall–Kier alpha value is -2.12. The van der Waals surface area contributed by atoms with Gasteiger partial charge in [0.25, 0.3) is 11.7 Å². The van der Waals surface area contributed by atoms with Crippen LogP contribution in [-0.2, 0) is 14.4 Å². The van der Waals surface area contributed by atoms with Gasteiger partial charge in [0.15, 0.2) is 0 Å². The molecule has 0 fully saturated rings. The molecular weight excluding hydrogens is 250 g/mol. The Morgan fingerprint density at radius 3 is 2.21 bits per heavy atom. The molecule has 0 amide bonds. The Kier molecular flexibility index (Phi) is 5.77. The minimum Gasteiger partial charge on any atom is -0.476 e. The molecule has 0 unspecified atom stereocenters. The van der Waals surface area contributed by atoms with Gasteiger partial charge in [0.05, 0.1) is 7.11 Å². The second kappa shape index (κ2) is 7.34. The normalized spacial score (nSPS) is 13.0. The highest BCUT2D eigenvalue weighted by Gasteiger charge is 2.16. The molecule has 1 rings (SSSR count). The van der Waals surface area contributed by atoms with E-state index in [0.717, 1.165) is 0 Å². The van der Waals surface area contributed by atoms with Crippen molar-refractivity contribution in [3.63, 3.8) is 0 Å². The first-order chi connectivity index (χ1) is 9.04. The summed E-state index contributed by atoms with van der Waals surface area (Å²) in [6, 6.07) is 0.